The van der Waals surface area contributed by atoms with Gasteiger partial charge in [-0.25, -0.2) is 23.7 Å². The van der Waals surface area contributed by atoms with Crippen LogP contribution in [0.15, 0.2) is 182 Å². The Balaban J connectivity index is 0.000000140. The molecule has 0 unspecified atom stereocenters. The Morgan fingerprint density at radius 3 is 1.23 bits per heavy atom. The third-order valence-electron chi connectivity index (χ3n) is 21.4. The molecule has 3 amide bonds. The SMILES string of the molecule is Cc1ccc2c(c1)C1(CCN(C/C=C/c3ccc(Cl)c(Cl)c3)CC1)CN2C(=O)c1ccnc(F)c1.Cc1ccc2c(c1)C1(CCN(C/C=C/c3ccc(Cl)cc3Cl)CC1)CN2C(=O)c1ccnc(Cl)c1.Cc1ccc2c(c1)C1(CCN(C/C=C/c3ccc(F)cc3F)CC1)CN2C(=O)c1ccnc(Cl)c1. The van der Waals surface area contributed by atoms with Gasteiger partial charge in [-0.3, -0.25) is 29.1 Å². The number of nitrogens with zero attached hydrogens (tertiary/aromatic N) is 9. The molecule has 6 aromatic carbocycles. The lowest BCUT2D eigenvalue weighted by Crippen LogP contribution is -2.46. The number of benzene rings is 6. The van der Waals surface area contributed by atoms with Crippen LogP contribution in [-0.2, 0) is 16.2 Å². The minimum Gasteiger partial charge on any atom is -0.307 e. The van der Waals surface area contributed by atoms with Crippen LogP contribution in [0.4, 0.5) is 30.2 Å². The maximum absolute atomic E-state index is 13.9. The largest absolute Gasteiger partial charge is 0.307 e. The zero-order valence-corrected chi connectivity index (χ0v) is 63.0. The minimum atomic E-state index is -0.642. The molecule has 3 spiro atoms. The van der Waals surface area contributed by atoms with Crippen LogP contribution in [-0.4, -0.2) is 126 Å². The summed E-state index contributed by atoms with van der Waals surface area (Å²) in [5.41, 5.74) is 13.8. The number of rotatable bonds is 12. The number of aromatic nitrogens is 3. The van der Waals surface area contributed by atoms with Crippen LogP contribution >= 0.6 is 69.6 Å². The van der Waals surface area contributed by atoms with E-state index in [4.69, 9.17) is 69.6 Å². The fourth-order valence-electron chi connectivity index (χ4n) is 15.6. The summed E-state index contributed by atoms with van der Waals surface area (Å²) < 4.78 is 40.7. The number of hydrogen-bond donors (Lipinski definition) is 0. The van der Waals surface area contributed by atoms with E-state index in [0.717, 1.165) is 125 Å². The first-order chi connectivity index (χ1) is 50.5. The first kappa shape index (κ1) is 75.1. The van der Waals surface area contributed by atoms with E-state index in [1.165, 1.54) is 57.8 Å². The third kappa shape index (κ3) is 17.0. The van der Waals surface area contributed by atoms with Crippen molar-refractivity contribution < 1.29 is 27.6 Å². The van der Waals surface area contributed by atoms with Gasteiger partial charge in [0.15, 0.2) is 0 Å². The smallest absolute Gasteiger partial charge is 0.258 e. The fourth-order valence-corrected chi connectivity index (χ4v) is 16.8. The predicted octanol–water partition coefficient (Wildman–Crippen LogP) is 19.6. The molecule has 0 radical (unpaired) electrons. The van der Waals surface area contributed by atoms with Crippen LogP contribution < -0.4 is 14.7 Å². The molecule has 3 saturated heterocycles. The standard InChI is InChI=1S/C28H26Cl3N3O.C28H26Cl2FN3O.C28H26ClF2N3O/c1-19-4-7-25-23(15-19)28(18-34(25)27(35)21-8-11-32-26(31)16-21)9-13-33(14-10-28)12-2-3-20-5-6-22(29)17-24(20)30;1-19-4-7-25-22(15-19)28(18-34(25)27(35)21-8-11-32-26(31)17-21)9-13-33(14-10-28)12-2-3-20-5-6-23(29)24(30)16-20;1-19-4-7-25-23(15-19)28(18-34(25)27(35)21-8-11-32-26(29)16-21)9-13-33(14-10-28)12-2-3-20-5-6-22(30)17-24(20)31/h3*2-8,11,15-17H,9-10,12-14,18H2,1H3/b3*3-2+. The van der Waals surface area contributed by atoms with E-state index in [2.05, 4.69) is 105 Å². The van der Waals surface area contributed by atoms with Crippen molar-refractivity contribution in [1.82, 2.24) is 29.7 Å². The van der Waals surface area contributed by atoms with E-state index in [0.29, 0.717) is 78.8 Å². The zero-order valence-electron chi connectivity index (χ0n) is 58.4. The lowest BCUT2D eigenvalue weighted by molar-refractivity contribution is 0.0970. The molecule has 9 heterocycles. The van der Waals surface area contributed by atoms with Crippen molar-refractivity contribution >= 4 is 123 Å². The van der Waals surface area contributed by atoms with Crippen LogP contribution in [0.3, 0.4) is 0 Å². The highest BCUT2D eigenvalue weighted by atomic mass is 35.5. The van der Waals surface area contributed by atoms with Crippen molar-refractivity contribution in [2.45, 2.75) is 75.5 Å². The summed E-state index contributed by atoms with van der Waals surface area (Å²) in [7, 11) is 0. The Kier molecular flexibility index (Phi) is 23.2. The van der Waals surface area contributed by atoms with Crippen LogP contribution in [0.25, 0.3) is 18.2 Å². The van der Waals surface area contributed by atoms with E-state index in [1.807, 2.05) is 69.3 Å². The van der Waals surface area contributed by atoms with Crippen molar-refractivity contribution in [3.05, 3.63) is 297 Å². The number of fused-ring (bicyclic) bond motifs is 6. The van der Waals surface area contributed by atoms with Gasteiger partial charge in [0.1, 0.15) is 21.9 Å². The summed E-state index contributed by atoms with van der Waals surface area (Å²) in [6.07, 6.45) is 22.3. The average molecular weight is 1530 g/mol. The van der Waals surface area contributed by atoms with Crippen LogP contribution in [0.1, 0.15) is 120 Å². The van der Waals surface area contributed by atoms with Gasteiger partial charge < -0.3 is 14.7 Å². The van der Waals surface area contributed by atoms with Crippen LogP contribution in [0.5, 0.6) is 0 Å². The number of likely N-dealkylation sites (tertiary alicyclic amines) is 3. The summed E-state index contributed by atoms with van der Waals surface area (Å²) in [5.74, 6) is -2.05. The normalized spacial score (nSPS) is 17.3. The zero-order chi connectivity index (χ0) is 73.7. The van der Waals surface area contributed by atoms with Gasteiger partial charge in [-0.05, 0) is 211 Å². The number of amides is 3. The van der Waals surface area contributed by atoms with E-state index in [1.54, 1.807) is 60.9 Å². The van der Waals surface area contributed by atoms with Gasteiger partial charge in [-0.2, -0.15) is 4.39 Å². The van der Waals surface area contributed by atoms with Crippen molar-refractivity contribution in [1.29, 1.82) is 0 Å². The molecule has 3 fully saturated rings. The second-order valence-corrected chi connectivity index (χ2v) is 30.7. The Morgan fingerprint density at radius 1 is 0.410 bits per heavy atom. The van der Waals surface area contributed by atoms with Gasteiger partial charge in [-0.1, -0.05) is 171 Å². The van der Waals surface area contributed by atoms with E-state index in [9.17, 15) is 27.6 Å². The molecular formula is C84H78Cl6F3N9O3. The van der Waals surface area contributed by atoms with Gasteiger partial charge in [-0.15, -0.1) is 0 Å². The second-order valence-electron chi connectivity index (χ2n) is 28.3. The molecule has 0 atom stereocenters. The molecule has 15 rings (SSSR count). The van der Waals surface area contributed by atoms with Gasteiger partial charge in [0.2, 0.25) is 5.95 Å². The van der Waals surface area contributed by atoms with E-state index in [-0.39, 0.29) is 34.0 Å². The Bertz CT molecular complexity index is 4660. The number of piperidine rings is 3. The predicted molar refractivity (Wildman–Crippen MR) is 420 cm³/mol. The Labute approximate surface area is 641 Å². The molecule has 9 aromatic rings. The number of anilines is 3. The van der Waals surface area contributed by atoms with E-state index >= 15 is 0 Å². The molecule has 12 nitrogen and oxygen atoms in total. The first-order valence-electron chi connectivity index (χ1n) is 35.2. The highest BCUT2D eigenvalue weighted by Gasteiger charge is 2.49. The monoisotopic (exact) mass is 1530 g/mol. The Hall–Kier alpha value is -8.19. The maximum atomic E-state index is 13.9. The van der Waals surface area contributed by atoms with Crippen molar-refractivity contribution in [3.8, 4) is 0 Å². The molecular weight excluding hydrogens is 1450 g/mol. The molecule has 3 aromatic heterocycles. The second kappa shape index (κ2) is 32.5. The van der Waals surface area contributed by atoms with E-state index < -0.39 is 17.6 Å². The molecule has 21 heteroatoms. The van der Waals surface area contributed by atoms with Crippen molar-refractivity contribution in [2.75, 3.05) is 93.2 Å². The lowest BCUT2D eigenvalue weighted by Gasteiger charge is -2.39. The molecule has 540 valence electrons. The topological polar surface area (TPSA) is 109 Å². The number of aryl methyl sites for hydroxylation is 3. The molecule has 0 bridgehead atoms. The molecule has 6 aliphatic heterocycles. The average Bonchev–Trinajstić information content (AvgIpc) is 1.60. The number of halogens is 9. The molecule has 0 aliphatic carbocycles. The van der Waals surface area contributed by atoms with Gasteiger partial charge in [0.05, 0.1) is 10.0 Å². The van der Waals surface area contributed by atoms with Gasteiger partial charge >= 0.3 is 0 Å². The highest BCUT2D eigenvalue weighted by molar-refractivity contribution is 6.42. The number of carbonyl (C=O) groups excluding carboxylic acids is 3. The van der Waals surface area contributed by atoms with Crippen LogP contribution in [0, 0.1) is 38.4 Å². The van der Waals surface area contributed by atoms with Gasteiger partial charge in [0, 0.05) is 136 Å². The minimum absolute atomic E-state index is 0.0264. The summed E-state index contributed by atoms with van der Waals surface area (Å²) >= 11 is 36.5. The van der Waals surface area contributed by atoms with Crippen LogP contribution in [0.2, 0.25) is 30.4 Å². The molecule has 0 saturated carbocycles. The molecule has 0 N–H and O–H groups in total. The fraction of sp³-hybridized carbons (Fsp3) is 0.286. The molecule has 6 aliphatic rings. The highest BCUT2D eigenvalue weighted by Crippen LogP contribution is 2.51. The maximum Gasteiger partial charge on any atom is 0.258 e. The summed E-state index contributed by atoms with van der Waals surface area (Å²) in [6, 6.07) is 43.3. The number of pyridine rings is 3. The quantitative estimate of drug-likeness (QED) is 0.110. The van der Waals surface area contributed by atoms with Crippen molar-refractivity contribution in [3.63, 3.8) is 0 Å². The number of carbonyl (C=O) groups is 3. The first-order valence-corrected chi connectivity index (χ1v) is 37.5. The summed E-state index contributed by atoms with van der Waals surface area (Å²) in [4.78, 5) is 64.7. The lowest BCUT2D eigenvalue weighted by atomic mass is 9.74. The third-order valence-corrected chi connectivity index (χ3v) is 23.1. The summed E-state index contributed by atoms with van der Waals surface area (Å²) in [5, 5.41) is 3.03. The van der Waals surface area contributed by atoms with Gasteiger partial charge in [0.25, 0.3) is 17.7 Å². The molecule has 105 heavy (non-hydrogen) atoms. The van der Waals surface area contributed by atoms with Crippen molar-refractivity contribution in [2.24, 2.45) is 0 Å². The Morgan fingerprint density at radius 2 is 0.819 bits per heavy atom. The number of hydrogen-bond acceptors (Lipinski definition) is 9. The summed E-state index contributed by atoms with van der Waals surface area (Å²) in [6.45, 7) is 16.1.